The molecule has 0 heterocycles. The second kappa shape index (κ2) is 15.9. The molecule has 0 unspecified atom stereocenters. The van der Waals surface area contributed by atoms with Crippen LogP contribution in [0, 0.1) is 0 Å². The Labute approximate surface area is 210 Å². The third-order valence-corrected chi connectivity index (χ3v) is 7.48. The van der Waals surface area contributed by atoms with E-state index in [1.165, 1.54) is 38.2 Å². The maximum Gasteiger partial charge on any atom is 0.296 e. The summed E-state index contributed by atoms with van der Waals surface area (Å²) in [6.45, 7) is 2.19. The molecule has 0 radical (unpaired) electrons. The maximum atomic E-state index is 12.1. The van der Waals surface area contributed by atoms with Crippen molar-refractivity contribution in [1.82, 2.24) is 12.3 Å². The van der Waals surface area contributed by atoms with Gasteiger partial charge in [-0.25, -0.2) is 0 Å². The van der Waals surface area contributed by atoms with Crippen molar-refractivity contribution in [2.75, 3.05) is 0 Å². The second-order valence-corrected chi connectivity index (χ2v) is 10.9. The molecule has 0 spiro atoms. The van der Waals surface area contributed by atoms with Crippen molar-refractivity contribution >= 4 is 20.2 Å². The first kappa shape index (κ1) is 33.0. The number of hydrogen-bond donors (Lipinski definition) is 4. The highest BCUT2D eigenvalue weighted by Gasteiger charge is 2.29. The van der Waals surface area contributed by atoms with Crippen molar-refractivity contribution in [2.24, 2.45) is 0 Å². The third kappa shape index (κ3) is 11.1. The van der Waals surface area contributed by atoms with Crippen LogP contribution < -0.4 is 17.0 Å². The lowest BCUT2D eigenvalue weighted by atomic mass is 10.0. The molecule has 0 saturated heterocycles. The van der Waals surface area contributed by atoms with Gasteiger partial charge in [-0.15, -0.1) is 0 Å². The molecule has 0 fully saturated rings. The highest BCUT2D eigenvalue weighted by Crippen LogP contribution is 2.36. The van der Waals surface area contributed by atoms with Crippen LogP contribution in [0.1, 0.15) is 76.7 Å². The van der Waals surface area contributed by atoms with Crippen molar-refractivity contribution in [3.8, 4) is 11.5 Å². The SMILES string of the molecule is CCCCCCCCCCCCc1c(Oc2ccccc2)ccc(S(=O)(=O)O)c1S(=O)(=O)O.N.N. The molecular weight excluding hydrogens is 492 g/mol. The Hall–Kier alpha value is -2.02. The summed E-state index contributed by atoms with van der Waals surface area (Å²) in [7, 11) is -9.82. The van der Waals surface area contributed by atoms with Crippen molar-refractivity contribution in [3.63, 3.8) is 0 Å². The lowest BCUT2D eigenvalue weighted by Gasteiger charge is -2.16. The van der Waals surface area contributed by atoms with Crippen LogP contribution in [0.4, 0.5) is 0 Å². The van der Waals surface area contributed by atoms with Crippen LogP contribution in [0.2, 0.25) is 0 Å². The van der Waals surface area contributed by atoms with Crippen LogP contribution in [0.3, 0.4) is 0 Å². The van der Waals surface area contributed by atoms with Crippen LogP contribution in [-0.4, -0.2) is 25.9 Å². The van der Waals surface area contributed by atoms with Crippen LogP contribution in [-0.2, 0) is 26.7 Å². The summed E-state index contributed by atoms with van der Waals surface area (Å²) in [5.74, 6) is 0.555. The first-order valence-electron chi connectivity index (χ1n) is 11.5. The van der Waals surface area contributed by atoms with Gasteiger partial charge in [0.15, 0.2) is 0 Å². The van der Waals surface area contributed by atoms with Gasteiger partial charge in [-0.1, -0.05) is 82.9 Å². The van der Waals surface area contributed by atoms with E-state index in [0.29, 0.717) is 12.2 Å². The van der Waals surface area contributed by atoms with Crippen molar-refractivity contribution in [2.45, 2.75) is 87.3 Å². The van der Waals surface area contributed by atoms with Gasteiger partial charge in [0, 0.05) is 5.56 Å². The molecule has 0 saturated carbocycles. The molecule has 2 aromatic rings. The number of unbranched alkanes of at least 4 members (excludes halogenated alkanes) is 9. The summed E-state index contributed by atoms with van der Waals surface area (Å²) in [6.07, 6.45) is 11.0. The minimum atomic E-state index is -4.94. The molecule has 0 aromatic heterocycles. The summed E-state index contributed by atoms with van der Waals surface area (Å²) in [6, 6.07) is 10.9. The molecule has 2 aromatic carbocycles. The lowest BCUT2D eigenvalue weighted by Crippen LogP contribution is -2.12. The Morgan fingerprint density at radius 3 is 1.69 bits per heavy atom. The standard InChI is InChI=1S/C24H34O7S2.2H3N/c1-2-3-4-5-6-7-8-9-10-14-17-21-22(31-20-15-12-11-13-16-20)18-19-23(32(25,26)27)24(21)33(28,29)30;;/h11-13,15-16,18-19H,2-10,14,17H2,1H3,(H,25,26,27)(H,28,29,30);2*1H3. The number of benzene rings is 2. The van der Waals surface area contributed by atoms with Gasteiger partial charge < -0.3 is 17.0 Å². The molecule has 0 amide bonds. The molecule has 11 heteroatoms. The molecule has 0 atom stereocenters. The van der Waals surface area contributed by atoms with Gasteiger partial charge >= 0.3 is 0 Å². The molecule has 0 aliphatic rings. The number of hydrogen-bond acceptors (Lipinski definition) is 7. The predicted octanol–water partition coefficient (Wildman–Crippen LogP) is 6.76. The minimum absolute atomic E-state index is 0. The van der Waals surface area contributed by atoms with E-state index in [2.05, 4.69) is 6.92 Å². The Morgan fingerprint density at radius 2 is 1.20 bits per heavy atom. The molecule has 8 N–H and O–H groups in total. The van der Waals surface area contributed by atoms with Crippen molar-refractivity contribution < 1.29 is 30.7 Å². The zero-order chi connectivity index (χ0) is 24.3. The highest BCUT2D eigenvalue weighted by atomic mass is 32.2. The molecule has 0 aliphatic heterocycles. The summed E-state index contributed by atoms with van der Waals surface area (Å²) in [5.41, 5.74) is 0.0380. The van der Waals surface area contributed by atoms with Gasteiger partial charge in [-0.05, 0) is 37.1 Å². The molecule has 35 heavy (non-hydrogen) atoms. The van der Waals surface area contributed by atoms with Gasteiger partial charge in [0.2, 0.25) is 0 Å². The van der Waals surface area contributed by atoms with Crippen LogP contribution in [0.5, 0.6) is 11.5 Å². The van der Waals surface area contributed by atoms with Gasteiger partial charge in [-0.2, -0.15) is 16.8 Å². The van der Waals surface area contributed by atoms with Crippen LogP contribution >= 0.6 is 0 Å². The van der Waals surface area contributed by atoms with E-state index in [9.17, 15) is 25.9 Å². The third-order valence-electron chi connectivity index (χ3n) is 5.47. The average molecular weight is 533 g/mol. The summed E-state index contributed by atoms with van der Waals surface area (Å²) in [4.78, 5) is -1.68. The van der Waals surface area contributed by atoms with Gasteiger partial charge in [-0.3, -0.25) is 9.11 Å². The summed E-state index contributed by atoms with van der Waals surface area (Å²) < 4.78 is 73.0. The number of para-hydroxylation sites is 1. The van der Waals surface area contributed by atoms with Gasteiger partial charge in [0.05, 0.1) is 0 Å². The molecule has 200 valence electrons. The fourth-order valence-electron chi connectivity index (χ4n) is 3.81. The Bertz CT molecular complexity index is 1090. The summed E-state index contributed by atoms with van der Waals surface area (Å²) in [5, 5.41) is 0. The number of rotatable bonds is 15. The van der Waals surface area contributed by atoms with E-state index in [-0.39, 0.29) is 30.0 Å². The van der Waals surface area contributed by atoms with E-state index in [0.717, 1.165) is 31.7 Å². The van der Waals surface area contributed by atoms with Crippen molar-refractivity contribution in [1.29, 1.82) is 0 Å². The highest BCUT2D eigenvalue weighted by molar-refractivity contribution is 7.89. The molecule has 0 bridgehead atoms. The topological polar surface area (TPSA) is 188 Å². The normalized spacial score (nSPS) is 11.4. The number of ether oxygens (including phenoxy) is 1. The van der Waals surface area contributed by atoms with Crippen LogP contribution in [0.15, 0.2) is 52.3 Å². The monoisotopic (exact) mass is 532 g/mol. The van der Waals surface area contributed by atoms with Crippen molar-refractivity contribution in [3.05, 3.63) is 48.0 Å². The van der Waals surface area contributed by atoms with Gasteiger partial charge in [0.25, 0.3) is 20.2 Å². The quantitative estimate of drug-likeness (QED) is 0.142. The van der Waals surface area contributed by atoms with E-state index in [1.54, 1.807) is 30.3 Å². The van der Waals surface area contributed by atoms with E-state index < -0.39 is 30.0 Å². The Balaban J connectivity index is 0.00000578. The van der Waals surface area contributed by atoms with E-state index in [4.69, 9.17) is 4.74 Å². The zero-order valence-corrected chi connectivity index (χ0v) is 22.1. The Kier molecular flexibility index (Phi) is 15.0. The predicted molar refractivity (Wildman–Crippen MR) is 138 cm³/mol. The minimum Gasteiger partial charge on any atom is -0.457 e. The molecule has 9 nitrogen and oxygen atoms in total. The largest absolute Gasteiger partial charge is 0.457 e. The lowest BCUT2D eigenvalue weighted by molar-refractivity contribution is 0.451. The second-order valence-electron chi connectivity index (χ2n) is 8.17. The Morgan fingerprint density at radius 1 is 0.686 bits per heavy atom. The average Bonchev–Trinajstić information content (AvgIpc) is 2.74. The summed E-state index contributed by atoms with van der Waals surface area (Å²) >= 11 is 0. The zero-order valence-electron chi connectivity index (χ0n) is 20.5. The maximum absolute atomic E-state index is 12.1. The fraction of sp³-hybridized carbons (Fsp3) is 0.500. The fourth-order valence-corrected chi connectivity index (χ4v) is 5.88. The molecular formula is C24H40N2O7S2. The van der Waals surface area contributed by atoms with E-state index in [1.807, 2.05) is 0 Å². The van der Waals surface area contributed by atoms with Gasteiger partial charge in [0.1, 0.15) is 21.3 Å². The first-order valence-corrected chi connectivity index (χ1v) is 14.4. The smallest absolute Gasteiger partial charge is 0.296 e. The van der Waals surface area contributed by atoms with Crippen LogP contribution in [0.25, 0.3) is 0 Å². The van der Waals surface area contributed by atoms with E-state index >= 15 is 0 Å². The molecule has 0 aliphatic carbocycles. The first-order chi connectivity index (χ1) is 15.6. The molecule has 2 rings (SSSR count).